The highest BCUT2D eigenvalue weighted by atomic mass is 16.5. The summed E-state index contributed by atoms with van der Waals surface area (Å²) in [5.74, 6) is 0.234. The van der Waals surface area contributed by atoms with E-state index in [2.05, 4.69) is 5.16 Å². The zero-order valence-electron chi connectivity index (χ0n) is 12.2. The van der Waals surface area contributed by atoms with Crippen LogP contribution in [-0.4, -0.2) is 9.72 Å². The van der Waals surface area contributed by atoms with Crippen molar-refractivity contribution < 1.29 is 4.52 Å². The molecule has 21 heavy (non-hydrogen) atoms. The van der Waals surface area contributed by atoms with E-state index in [9.17, 15) is 4.79 Å². The predicted molar refractivity (Wildman–Crippen MR) is 82.5 cm³/mol. The van der Waals surface area contributed by atoms with Gasteiger partial charge in [0.05, 0.1) is 5.69 Å². The number of nitrogens with zero attached hydrogens (tertiary/aromatic N) is 2. The van der Waals surface area contributed by atoms with Crippen molar-refractivity contribution in [3.63, 3.8) is 0 Å². The highest BCUT2D eigenvalue weighted by Crippen LogP contribution is 2.18. The summed E-state index contributed by atoms with van der Waals surface area (Å²) >= 11 is 0. The van der Waals surface area contributed by atoms with Gasteiger partial charge in [-0.25, -0.2) is 0 Å². The summed E-state index contributed by atoms with van der Waals surface area (Å²) in [5.41, 5.74) is 2.72. The zero-order chi connectivity index (χ0) is 14.8. The second-order valence-electron chi connectivity index (χ2n) is 5.53. The second-order valence-corrected chi connectivity index (χ2v) is 5.53. The summed E-state index contributed by atoms with van der Waals surface area (Å²) < 4.78 is 7.35. The van der Waals surface area contributed by atoms with E-state index in [4.69, 9.17) is 4.52 Å². The number of pyridine rings is 1. The Kier molecular flexibility index (Phi) is 3.60. The van der Waals surface area contributed by atoms with Crippen LogP contribution >= 0.6 is 0 Å². The molecule has 1 aromatic carbocycles. The van der Waals surface area contributed by atoms with Crippen LogP contribution in [0.15, 0.2) is 52.0 Å². The van der Waals surface area contributed by atoms with Crippen LogP contribution < -0.4 is 5.43 Å². The average molecular weight is 282 g/mol. The summed E-state index contributed by atoms with van der Waals surface area (Å²) in [6.07, 6.45) is 4.54. The largest absolute Gasteiger partial charge is 0.356 e. The minimum Gasteiger partial charge on any atom is -0.356 e. The molecule has 0 aliphatic heterocycles. The Morgan fingerprint density at radius 2 is 2.05 bits per heavy atom. The fraction of sp³-hybridized carbons (Fsp3) is 0.294. The minimum absolute atomic E-state index is 0.105. The predicted octanol–water partition coefficient (Wildman–Crippen LogP) is 3.36. The maximum Gasteiger partial charge on any atom is 0.184 e. The fourth-order valence-corrected chi connectivity index (χ4v) is 2.47. The summed E-state index contributed by atoms with van der Waals surface area (Å²) in [6.45, 7) is 4.84. The first-order valence-electron chi connectivity index (χ1n) is 7.18. The third-order valence-corrected chi connectivity index (χ3v) is 3.69. The van der Waals surface area contributed by atoms with Crippen LogP contribution in [0.3, 0.4) is 0 Å². The van der Waals surface area contributed by atoms with Gasteiger partial charge in [-0.3, -0.25) is 4.79 Å². The van der Waals surface area contributed by atoms with Crippen LogP contribution in [-0.2, 0) is 13.0 Å². The lowest BCUT2D eigenvalue weighted by atomic mass is 10.1. The maximum atomic E-state index is 11.8. The van der Waals surface area contributed by atoms with Crippen molar-refractivity contribution in [2.75, 3.05) is 0 Å². The van der Waals surface area contributed by atoms with Crippen molar-refractivity contribution in [3.8, 4) is 0 Å². The molecule has 108 valence electrons. The molecule has 0 N–H and O–H groups in total. The molecule has 3 rings (SSSR count). The Hall–Kier alpha value is -2.36. The first-order chi connectivity index (χ1) is 10.1. The highest BCUT2D eigenvalue weighted by Gasteiger charge is 2.08. The molecule has 4 nitrogen and oxygen atoms in total. The Balaban J connectivity index is 1.82. The van der Waals surface area contributed by atoms with E-state index < -0.39 is 0 Å². The van der Waals surface area contributed by atoms with Crippen LogP contribution in [0.25, 0.3) is 11.0 Å². The number of aryl methyl sites for hydroxylation is 2. The fourth-order valence-electron chi connectivity index (χ4n) is 2.47. The van der Waals surface area contributed by atoms with Gasteiger partial charge in [-0.2, -0.15) is 0 Å². The van der Waals surface area contributed by atoms with Crippen molar-refractivity contribution in [1.29, 1.82) is 0 Å². The average Bonchev–Trinajstić information content (AvgIpc) is 2.89. The molecule has 2 aromatic heterocycles. The number of aromatic nitrogens is 2. The van der Waals surface area contributed by atoms with Crippen molar-refractivity contribution in [2.24, 2.45) is 0 Å². The van der Waals surface area contributed by atoms with Crippen molar-refractivity contribution in [3.05, 3.63) is 64.2 Å². The quantitative estimate of drug-likeness (QED) is 0.737. The molecule has 0 bridgehead atoms. The summed E-state index contributed by atoms with van der Waals surface area (Å²) in [5, 5.41) is 5.19. The van der Waals surface area contributed by atoms with E-state index in [-0.39, 0.29) is 11.3 Å². The van der Waals surface area contributed by atoms with Gasteiger partial charge in [-0.15, -0.1) is 0 Å². The van der Waals surface area contributed by atoms with Gasteiger partial charge in [-0.1, -0.05) is 31.1 Å². The molecule has 0 aliphatic carbocycles. The van der Waals surface area contributed by atoms with E-state index in [0.29, 0.717) is 0 Å². The summed E-state index contributed by atoms with van der Waals surface area (Å²) in [7, 11) is 0. The lowest BCUT2D eigenvalue weighted by Crippen LogP contribution is -2.13. The first-order valence-corrected chi connectivity index (χ1v) is 7.18. The molecule has 0 amide bonds. The molecule has 0 atom stereocenters. The second kappa shape index (κ2) is 5.56. The molecule has 2 heterocycles. The van der Waals surface area contributed by atoms with Gasteiger partial charge in [0.15, 0.2) is 11.0 Å². The Bertz CT molecular complexity index is 815. The molecule has 0 aliphatic rings. The smallest absolute Gasteiger partial charge is 0.184 e. The molecule has 3 aromatic rings. The van der Waals surface area contributed by atoms with E-state index in [1.165, 1.54) is 0 Å². The van der Waals surface area contributed by atoms with Crippen LogP contribution in [0, 0.1) is 0 Å². The van der Waals surface area contributed by atoms with Crippen molar-refractivity contribution >= 4 is 11.0 Å². The van der Waals surface area contributed by atoms with Crippen LogP contribution in [0.5, 0.6) is 0 Å². The SMILES string of the molecule is CC(C)c1cn(CCc2noc3ccccc23)ccc1=O. The number of para-hydroxylation sites is 1. The van der Waals surface area contributed by atoms with Gasteiger partial charge in [-0.05, 0) is 18.1 Å². The number of hydrogen-bond donors (Lipinski definition) is 0. The molecular formula is C17H18N2O2. The standard InChI is InChI=1S/C17H18N2O2/c1-12(2)14-11-19(10-8-16(14)20)9-7-15-13-5-3-4-6-17(13)21-18-15/h3-6,8,10-12H,7,9H2,1-2H3. The summed E-state index contributed by atoms with van der Waals surface area (Å²) in [6, 6.07) is 9.50. The topological polar surface area (TPSA) is 48.0 Å². The molecule has 0 fully saturated rings. The maximum absolute atomic E-state index is 11.8. The molecule has 0 radical (unpaired) electrons. The van der Waals surface area contributed by atoms with E-state index in [0.717, 1.165) is 35.2 Å². The van der Waals surface area contributed by atoms with E-state index in [1.54, 1.807) is 6.07 Å². The van der Waals surface area contributed by atoms with Gasteiger partial charge >= 0.3 is 0 Å². The lowest BCUT2D eigenvalue weighted by Gasteiger charge is -2.09. The third-order valence-electron chi connectivity index (χ3n) is 3.69. The van der Waals surface area contributed by atoms with Gasteiger partial charge in [0.1, 0.15) is 0 Å². The highest BCUT2D eigenvalue weighted by molar-refractivity contribution is 5.79. The number of hydrogen-bond acceptors (Lipinski definition) is 3. The van der Waals surface area contributed by atoms with Gasteiger partial charge in [0, 0.05) is 42.4 Å². The minimum atomic E-state index is 0.105. The molecule has 0 saturated carbocycles. The molecule has 0 saturated heterocycles. The first kappa shape index (κ1) is 13.6. The number of fused-ring (bicyclic) bond motifs is 1. The Morgan fingerprint density at radius 1 is 1.24 bits per heavy atom. The Morgan fingerprint density at radius 3 is 2.86 bits per heavy atom. The number of benzene rings is 1. The molecule has 0 spiro atoms. The van der Waals surface area contributed by atoms with Crippen LogP contribution in [0.4, 0.5) is 0 Å². The number of rotatable bonds is 4. The van der Waals surface area contributed by atoms with Crippen molar-refractivity contribution in [1.82, 2.24) is 9.72 Å². The van der Waals surface area contributed by atoms with Crippen LogP contribution in [0.1, 0.15) is 31.0 Å². The molecular weight excluding hydrogens is 264 g/mol. The van der Waals surface area contributed by atoms with Crippen LogP contribution in [0.2, 0.25) is 0 Å². The normalized spacial score (nSPS) is 11.4. The lowest BCUT2D eigenvalue weighted by molar-refractivity contribution is 0.443. The van der Waals surface area contributed by atoms with Gasteiger partial charge in [0.25, 0.3) is 0 Å². The zero-order valence-corrected chi connectivity index (χ0v) is 12.2. The monoisotopic (exact) mass is 282 g/mol. The Labute approximate surface area is 123 Å². The third kappa shape index (κ3) is 2.75. The molecule has 4 heteroatoms. The summed E-state index contributed by atoms with van der Waals surface area (Å²) in [4.78, 5) is 11.8. The van der Waals surface area contributed by atoms with Gasteiger partial charge < -0.3 is 9.09 Å². The molecule has 0 unspecified atom stereocenters. The van der Waals surface area contributed by atoms with Gasteiger partial charge in [0.2, 0.25) is 0 Å². The van der Waals surface area contributed by atoms with E-state index >= 15 is 0 Å². The van der Waals surface area contributed by atoms with E-state index in [1.807, 2.05) is 55.1 Å². The van der Waals surface area contributed by atoms with Crippen molar-refractivity contribution in [2.45, 2.75) is 32.7 Å².